The first-order chi connectivity index (χ1) is 24.3. The van der Waals surface area contributed by atoms with Gasteiger partial charge < -0.3 is 30.0 Å². The first kappa shape index (κ1) is 40.4. The minimum Gasteiger partial charge on any atom is -0.479 e. The van der Waals surface area contributed by atoms with E-state index in [1.54, 1.807) is 12.1 Å². The summed E-state index contributed by atoms with van der Waals surface area (Å²) in [6.45, 7) is 9.51. The van der Waals surface area contributed by atoms with Crippen molar-refractivity contribution in [1.29, 1.82) is 0 Å². The second-order valence-corrected chi connectivity index (χ2v) is 19.4. The first-order valence-corrected chi connectivity index (χ1v) is 20.2. The molecule has 0 heterocycles. The Hall–Kier alpha value is -4.40. The summed E-state index contributed by atoms with van der Waals surface area (Å²) in [6, 6.07) is 17.5. The van der Waals surface area contributed by atoms with E-state index in [4.69, 9.17) is 9.53 Å². The molecule has 3 aromatic carbocycles. The monoisotopic (exact) mass is 743 g/mol. The van der Waals surface area contributed by atoms with Crippen LogP contribution in [0.15, 0.2) is 66.7 Å². The minimum absolute atomic E-state index is 0.0743. The second kappa shape index (κ2) is 17.0. The van der Waals surface area contributed by atoms with Crippen molar-refractivity contribution in [3.8, 4) is 5.75 Å². The highest BCUT2D eigenvalue weighted by Crippen LogP contribution is 2.39. The lowest BCUT2D eigenvalue weighted by Crippen LogP contribution is -2.40. The summed E-state index contributed by atoms with van der Waals surface area (Å²) < 4.78 is 50.5. The van der Waals surface area contributed by atoms with Crippen LogP contribution in [0.25, 0.3) is 0 Å². The maximum Gasteiger partial charge on any atom is 0.573 e. The molecule has 4 rings (SSSR count). The molecule has 0 radical (unpaired) electrons. The zero-order chi connectivity index (χ0) is 38.3. The quantitative estimate of drug-likeness (QED) is 0.129. The van der Waals surface area contributed by atoms with Gasteiger partial charge in [-0.2, -0.15) is 0 Å². The highest BCUT2D eigenvalue weighted by molar-refractivity contribution is 6.74. The zero-order valence-corrected chi connectivity index (χ0v) is 31.2. The first-order valence-electron chi connectivity index (χ1n) is 17.3. The van der Waals surface area contributed by atoms with Crippen LogP contribution in [0.3, 0.4) is 0 Å². The Bertz CT molecular complexity index is 1690. The Morgan fingerprint density at radius 1 is 0.942 bits per heavy atom. The number of carboxylic acid groups (broad SMARTS) is 1. The zero-order valence-electron chi connectivity index (χ0n) is 30.2. The van der Waals surface area contributed by atoms with E-state index in [2.05, 4.69) is 15.4 Å². The number of rotatable bonds is 13. The fraction of sp³-hybridized carbons (Fsp3) is 0.447. The molecule has 1 saturated carbocycles. The van der Waals surface area contributed by atoms with Gasteiger partial charge in [0.2, 0.25) is 0 Å². The largest absolute Gasteiger partial charge is 0.573 e. The molecule has 1 unspecified atom stereocenters. The highest BCUT2D eigenvalue weighted by Gasteiger charge is 2.38. The lowest BCUT2D eigenvalue weighted by molar-refractivity contribution is -0.275. The van der Waals surface area contributed by atoms with Crippen LogP contribution >= 0.6 is 0 Å². The van der Waals surface area contributed by atoms with Crippen molar-refractivity contribution in [3.05, 3.63) is 89.0 Å². The molecule has 10 nitrogen and oxygen atoms in total. The van der Waals surface area contributed by atoms with Gasteiger partial charge in [0.25, 0.3) is 5.91 Å². The third-order valence-corrected chi connectivity index (χ3v) is 14.2. The predicted octanol–water partition coefficient (Wildman–Crippen LogP) is 8.57. The molecule has 0 saturated heterocycles. The molecule has 4 N–H and O–H groups in total. The third kappa shape index (κ3) is 11.3. The molecular formula is C38H48F3N3O7Si. The number of amides is 3. The number of anilines is 2. The van der Waals surface area contributed by atoms with E-state index in [9.17, 15) is 32.7 Å². The number of halogens is 3. The minimum atomic E-state index is -4.92. The van der Waals surface area contributed by atoms with Gasteiger partial charge in [0.05, 0.1) is 19.7 Å². The van der Waals surface area contributed by atoms with E-state index in [0.29, 0.717) is 17.2 Å². The van der Waals surface area contributed by atoms with E-state index < -0.39 is 51.0 Å². The molecule has 0 bridgehead atoms. The van der Waals surface area contributed by atoms with Crippen LogP contribution in [0.1, 0.15) is 85.8 Å². The van der Waals surface area contributed by atoms with Crippen molar-refractivity contribution < 1.29 is 46.9 Å². The van der Waals surface area contributed by atoms with E-state index in [1.165, 1.54) is 54.0 Å². The standard InChI is InChI=1S/C38H48F3N3O7Si/c1-37(2,3)52(4,5)50-24-29-21-30(17-20-33(29)51-38(39,40)41)43-36(49)44(31-18-15-27(16-19-31)26-9-7-6-8-10-26)23-25-11-13-28(14-12-25)34(46)42-22-32(45)35(47)48/h11-21,26,32,45H,6-10,22-24H2,1-5H3,(H,42,46)(H,43,49)(H,47,48). The van der Waals surface area contributed by atoms with Crippen LogP contribution in [0.2, 0.25) is 18.1 Å². The predicted molar refractivity (Wildman–Crippen MR) is 195 cm³/mol. The lowest BCUT2D eigenvalue weighted by atomic mass is 9.84. The van der Waals surface area contributed by atoms with Crippen molar-refractivity contribution in [3.63, 3.8) is 0 Å². The topological polar surface area (TPSA) is 137 Å². The Labute approximate surface area is 303 Å². The number of carboxylic acids is 1. The number of hydrogen-bond donors (Lipinski definition) is 4. The summed E-state index contributed by atoms with van der Waals surface area (Å²) in [5.74, 6) is -2.00. The number of nitrogens with zero attached hydrogens (tertiary/aromatic N) is 1. The van der Waals surface area contributed by atoms with E-state index >= 15 is 0 Å². The Morgan fingerprint density at radius 2 is 1.58 bits per heavy atom. The number of aliphatic hydroxyl groups is 1. The van der Waals surface area contributed by atoms with Crippen molar-refractivity contribution in [2.75, 3.05) is 16.8 Å². The van der Waals surface area contributed by atoms with Crippen LogP contribution in [0.5, 0.6) is 5.75 Å². The number of carbonyl (C=O) groups excluding carboxylic acids is 2. The van der Waals surface area contributed by atoms with Crippen molar-refractivity contribution in [2.45, 2.75) is 103 Å². The van der Waals surface area contributed by atoms with E-state index in [0.717, 1.165) is 18.9 Å². The van der Waals surface area contributed by atoms with Gasteiger partial charge in [-0.05, 0) is 90.5 Å². The van der Waals surface area contributed by atoms with Crippen LogP contribution in [-0.2, 0) is 22.4 Å². The molecule has 0 aliphatic heterocycles. The molecule has 3 aromatic rings. The molecule has 3 amide bonds. The Kier molecular flexibility index (Phi) is 13.2. The number of aliphatic carboxylic acids is 1. The summed E-state index contributed by atoms with van der Waals surface area (Å²) in [6.07, 6.45) is -0.889. The fourth-order valence-electron chi connectivity index (χ4n) is 5.63. The van der Waals surface area contributed by atoms with Gasteiger partial charge in [-0.15, -0.1) is 13.2 Å². The number of nitrogens with one attached hydrogen (secondary N) is 2. The molecule has 1 aliphatic rings. The lowest BCUT2D eigenvalue weighted by Gasteiger charge is -2.36. The number of carbonyl (C=O) groups is 3. The number of ether oxygens (including phenoxy) is 1. The summed E-state index contributed by atoms with van der Waals surface area (Å²) in [4.78, 5) is 38.9. The van der Waals surface area contributed by atoms with Gasteiger partial charge in [0, 0.05) is 22.5 Å². The third-order valence-electron chi connectivity index (χ3n) is 9.76. The Balaban J connectivity index is 1.60. The Morgan fingerprint density at radius 3 is 2.15 bits per heavy atom. The van der Waals surface area contributed by atoms with Crippen LogP contribution < -0.4 is 20.3 Å². The fourth-order valence-corrected chi connectivity index (χ4v) is 6.57. The molecule has 14 heteroatoms. The van der Waals surface area contributed by atoms with E-state index in [-0.39, 0.29) is 35.0 Å². The average Bonchev–Trinajstić information content (AvgIpc) is 3.09. The molecule has 1 atom stereocenters. The van der Waals surface area contributed by atoms with Crippen molar-refractivity contribution >= 4 is 37.6 Å². The van der Waals surface area contributed by atoms with Crippen LogP contribution in [-0.4, -0.2) is 55.4 Å². The summed E-state index contributed by atoms with van der Waals surface area (Å²) >= 11 is 0. The summed E-state index contributed by atoms with van der Waals surface area (Å²) in [5.41, 5.74) is 3.04. The van der Waals surface area contributed by atoms with Gasteiger partial charge in [0.1, 0.15) is 5.75 Å². The van der Waals surface area contributed by atoms with E-state index in [1.807, 2.05) is 58.1 Å². The molecule has 52 heavy (non-hydrogen) atoms. The average molecular weight is 744 g/mol. The molecule has 1 fully saturated rings. The molecule has 0 spiro atoms. The number of aliphatic hydroxyl groups excluding tert-OH is 1. The molecule has 0 aromatic heterocycles. The highest BCUT2D eigenvalue weighted by atomic mass is 28.4. The van der Waals surface area contributed by atoms with Crippen molar-refractivity contribution in [1.82, 2.24) is 5.32 Å². The van der Waals surface area contributed by atoms with Crippen LogP contribution in [0, 0.1) is 0 Å². The SMILES string of the molecule is CC(C)(C)[Si](C)(C)OCc1cc(NC(=O)N(Cc2ccc(C(=O)NCC(O)C(=O)O)cc2)c2ccc(C3CCCCC3)cc2)ccc1OC(F)(F)F. The number of alkyl halides is 3. The molecular weight excluding hydrogens is 696 g/mol. The number of benzene rings is 3. The maximum atomic E-state index is 14.0. The normalized spacial score (nSPS) is 14.7. The van der Waals surface area contributed by atoms with Gasteiger partial charge in [0.15, 0.2) is 14.4 Å². The number of urea groups is 1. The van der Waals surface area contributed by atoms with Gasteiger partial charge in [-0.3, -0.25) is 9.69 Å². The van der Waals surface area contributed by atoms with Gasteiger partial charge in [-0.25, -0.2) is 9.59 Å². The molecule has 1 aliphatic carbocycles. The van der Waals surface area contributed by atoms with Crippen molar-refractivity contribution in [2.24, 2.45) is 0 Å². The summed E-state index contributed by atoms with van der Waals surface area (Å²) in [5, 5.41) is 23.3. The van der Waals surface area contributed by atoms with Crippen LogP contribution in [0.4, 0.5) is 29.3 Å². The second-order valence-electron chi connectivity index (χ2n) is 14.6. The smallest absolute Gasteiger partial charge is 0.479 e. The van der Waals surface area contributed by atoms with Gasteiger partial charge in [-0.1, -0.05) is 64.3 Å². The number of hydrogen-bond acceptors (Lipinski definition) is 6. The maximum absolute atomic E-state index is 14.0. The van der Waals surface area contributed by atoms with Gasteiger partial charge >= 0.3 is 18.4 Å². The molecule has 282 valence electrons. The summed E-state index contributed by atoms with van der Waals surface area (Å²) in [7, 11) is -2.36.